The Kier molecular flexibility index (Phi) is 5.10. The second kappa shape index (κ2) is 7.45. The summed E-state index contributed by atoms with van der Waals surface area (Å²) in [5, 5.41) is 0.545. The summed E-state index contributed by atoms with van der Waals surface area (Å²) in [6, 6.07) is 15.5. The summed E-state index contributed by atoms with van der Waals surface area (Å²) in [5.74, 6) is 1.48. The molecule has 3 aromatic rings. The van der Waals surface area contributed by atoms with Crippen LogP contribution in [0.25, 0.3) is 5.69 Å². The summed E-state index contributed by atoms with van der Waals surface area (Å²) in [6.07, 6.45) is 3.87. The molecule has 0 radical (unpaired) electrons. The molecule has 5 heteroatoms. The Bertz CT molecular complexity index is 899. The van der Waals surface area contributed by atoms with Crippen molar-refractivity contribution in [3.8, 4) is 17.2 Å². The van der Waals surface area contributed by atoms with Gasteiger partial charge in [0.25, 0.3) is 0 Å². The van der Waals surface area contributed by atoms with Crippen molar-refractivity contribution in [2.24, 2.45) is 4.99 Å². The average Bonchev–Trinajstić information content (AvgIpc) is 3.01. The Labute approximate surface area is 152 Å². The van der Waals surface area contributed by atoms with Crippen LogP contribution >= 0.6 is 11.6 Å². The molecule has 0 amide bonds. The van der Waals surface area contributed by atoms with Gasteiger partial charge in [-0.25, -0.2) is 0 Å². The van der Waals surface area contributed by atoms with Crippen LogP contribution in [0, 0.1) is 6.92 Å². The maximum atomic E-state index is 6.13. The number of halogens is 1. The van der Waals surface area contributed by atoms with E-state index in [0.717, 1.165) is 28.4 Å². The first-order chi connectivity index (χ1) is 12.1. The minimum Gasteiger partial charge on any atom is -0.497 e. The van der Waals surface area contributed by atoms with Crippen molar-refractivity contribution in [1.82, 2.24) is 4.57 Å². The van der Waals surface area contributed by atoms with Crippen LogP contribution in [0.2, 0.25) is 5.02 Å². The predicted molar refractivity (Wildman–Crippen MR) is 102 cm³/mol. The molecule has 4 nitrogen and oxygen atoms in total. The quantitative estimate of drug-likeness (QED) is 0.590. The molecule has 0 atom stereocenters. The molecule has 0 aliphatic rings. The van der Waals surface area contributed by atoms with E-state index < -0.39 is 0 Å². The molecule has 2 aromatic carbocycles. The fourth-order valence-electron chi connectivity index (χ4n) is 2.58. The molecule has 0 saturated heterocycles. The lowest BCUT2D eigenvalue weighted by molar-refractivity contribution is 0.414. The molecule has 1 aromatic heterocycles. The number of aliphatic imine (C=N–C) groups is 1. The molecular weight excluding hydrogens is 336 g/mol. The molecule has 0 bridgehead atoms. The van der Waals surface area contributed by atoms with Gasteiger partial charge in [-0.2, -0.15) is 0 Å². The topological polar surface area (TPSA) is 35.8 Å². The van der Waals surface area contributed by atoms with Crippen molar-refractivity contribution in [3.63, 3.8) is 0 Å². The van der Waals surface area contributed by atoms with E-state index >= 15 is 0 Å². The number of hydrogen-bond donors (Lipinski definition) is 0. The molecule has 0 saturated carbocycles. The van der Waals surface area contributed by atoms with Gasteiger partial charge in [-0.3, -0.25) is 4.99 Å². The first kappa shape index (κ1) is 17.1. The van der Waals surface area contributed by atoms with Gasteiger partial charge in [0.15, 0.2) is 0 Å². The summed E-state index contributed by atoms with van der Waals surface area (Å²) in [6.45, 7) is 2.06. The molecular formula is C20H19ClN2O2. The molecule has 0 aliphatic heterocycles. The van der Waals surface area contributed by atoms with Crippen molar-refractivity contribution < 1.29 is 9.47 Å². The van der Waals surface area contributed by atoms with Gasteiger partial charge in [-0.15, -0.1) is 0 Å². The van der Waals surface area contributed by atoms with Crippen LogP contribution in [0.15, 0.2) is 59.7 Å². The van der Waals surface area contributed by atoms with Crippen LogP contribution < -0.4 is 9.47 Å². The Morgan fingerprint density at radius 3 is 2.40 bits per heavy atom. The van der Waals surface area contributed by atoms with Crippen LogP contribution in [-0.2, 0) is 0 Å². The zero-order valence-corrected chi connectivity index (χ0v) is 15.1. The zero-order chi connectivity index (χ0) is 17.8. The minimum absolute atomic E-state index is 0.545. The van der Waals surface area contributed by atoms with Crippen molar-refractivity contribution >= 4 is 23.5 Å². The number of methoxy groups -OCH3 is 2. The van der Waals surface area contributed by atoms with Crippen LogP contribution in [0.3, 0.4) is 0 Å². The van der Waals surface area contributed by atoms with Gasteiger partial charge in [-0.05, 0) is 55.5 Å². The summed E-state index contributed by atoms with van der Waals surface area (Å²) >= 11 is 6.13. The van der Waals surface area contributed by atoms with E-state index in [1.165, 1.54) is 0 Å². The van der Waals surface area contributed by atoms with Gasteiger partial charge in [0, 0.05) is 29.4 Å². The fraction of sp³-hybridized carbons (Fsp3) is 0.150. The van der Waals surface area contributed by atoms with E-state index in [4.69, 9.17) is 21.1 Å². The lowest BCUT2D eigenvalue weighted by Crippen LogP contribution is -1.94. The number of ether oxygens (including phenoxy) is 2. The van der Waals surface area contributed by atoms with E-state index in [1.54, 1.807) is 20.3 Å². The van der Waals surface area contributed by atoms with Crippen molar-refractivity contribution in [2.75, 3.05) is 14.2 Å². The standard InChI is InChI=1S/C20H19ClN2O2/c1-14-10-15(12-22-16-4-9-20(25-3)19(21)11-16)13-23(14)17-5-7-18(24-2)8-6-17/h4-13H,1-3H3. The predicted octanol–water partition coefficient (Wildman–Crippen LogP) is 5.21. The van der Waals surface area contributed by atoms with E-state index in [-0.39, 0.29) is 0 Å². The summed E-state index contributed by atoms with van der Waals surface area (Å²) in [7, 11) is 3.25. The molecule has 0 aliphatic carbocycles. The summed E-state index contributed by atoms with van der Waals surface area (Å²) in [4.78, 5) is 4.49. The number of aryl methyl sites for hydroxylation is 1. The molecule has 0 unspecified atom stereocenters. The third kappa shape index (κ3) is 3.86. The van der Waals surface area contributed by atoms with Crippen molar-refractivity contribution in [2.45, 2.75) is 6.92 Å². The molecule has 1 heterocycles. The van der Waals surface area contributed by atoms with Gasteiger partial charge in [-0.1, -0.05) is 11.6 Å². The number of benzene rings is 2. The van der Waals surface area contributed by atoms with Crippen LogP contribution in [-0.4, -0.2) is 25.0 Å². The maximum Gasteiger partial charge on any atom is 0.137 e. The van der Waals surface area contributed by atoms with Gasteiger partial charge >= 0.3 is 0 Å². The third-order valence-electron chi connectivity index (χ3n) is 3.88. The molecule has 3 rings (SSSR count). The SMILES string of the molecule is COc1ccc(-n2cc(C=Nc3ccc(OC)c(Cl)c3)cc2C)cc1. The molecule has 25 heavy (non-hydrogen) atoms. The Hall–Kier alpha value is -2.72. The zero-order valence-electron chi connectivity index (χ0n) is 14.4. The highest BCUT2D eigenvalue weighted by Crippen LogP contribution is 2.28. The first-order valence-corrected chi connectivity index (χ1v) is 8.19. The third-order valence-corrected chi connectivity index (χ3v) is 4.18. The largest absolute Gasteiger partial charge is 0.497 e. The summed E-state index contributed by atoms with van der Waals surface area (Å²) in [5.41, 5.74) is 3.99. The van der Waals surface area contributed by atoms with E-state index in [0.29, 0.717) is 10.8 Å². The van der Waals surface area contributed by atoms with Gasteiger partial charge in [0.1, 0.15) is 11.5 Å². The minimum atomic E-state index is 0.545. The molecule has 0 fully saturated rings. The summed E-state index contributed by atoms with van der Waals surface area (Å²) < 4.78 is 12.5. The van der Waals surface area contributed by atoms with E-state index in [1.807, 2.05) is 48.8 Å². The maximum absolute atomic E-state index is 6.13. The fourth-order valence-corrected chi connectivity index (χ4v) is 2.83. The van der Waals surface area contributed by atoms with Gasteiger partial charge < -0.3 is 14.0 Å². The lowest BCUT2D eigenvalue weighted by Gasteiger charge is -2.06. The Balaban J connectivity index is 1.83. The van der Waals surface area contributed by atoms with Crippen molar-refractivity contribution in [3.05, 3.63) is 71.0 Å². The highest BCUT2D eigenvalue weighted by atomic mass is 35.5. The number of rotatable bonds is 5. The lowest BCUT2D eigenvalue weighted by atomic mass is 10.3. The first-order valence-electron chi connectivity index (χ1n) is 7.82. The second-order valence-electron chi connectivity index (χ2n) is 5.56. The van der Waals surface area contributed by atoms with E-state index in [9.17, 15) is 0 Å². The van der Waals surface area contributed by atoms with Crippen LogP contribution in [0.1, 0.15) is 11.3 Å². The molecule has 128 valence electrons. The van der Waals surface area contributed by atoms with E-state index in [2.05, 4.69) is 22.5 Å². The second-order valence-corrected chi connectivity index (χ2v) is 5.97. The average molecular weight is 355 g/mol. The van der Waals surface area contributed by atoms with Crippen LogP contribution in [0.5, 0.6) is 11.5 Å². The number of hydrogen-bond acceptors (Lipinski definition) is 3. The molecule has 0 N–H and O–H groups in total. The number of aromatic nitrogens is 1. The molecule has 0 spiro atoms. The Morgan fingerprint density at radius 2 is 1.76 bits per heavy atom. The van der Waals surface area contributed by atoms with Crippen molar-refractivity contribution in [1.29, 1.82) is 0 Å². The van der Waals surface area contributed by atoms with Crippen LogP contribution in [0.4, 0.5) is 5.69 Å². The Morgan fingerprint density at radius 1 is 1.00 bits per heavy atom. The normalized spacial score (nSPS) is 11.0. The highest BCUT2D eigenvalue weighted by molar-refractivity contribution is 6.32. The monoisotopic (exact) mass is 354 g/mol. The smallest absolute Gasteiger partial charge is 0.137 e. The highest BCUT2D eigenvalue weighted by Gasteiger charge is 2.04. The number of nitrogens with zero attached hydrogens (tertiary/aromatic N) is 2. The van der Waals surface area contributed by atoms with Gasteiger partial charge in [0.05, 0.1) is 24.9 Å². The van der Waals surface area contributed by atoms with Gasteiger partial charge in [0.2, 0.25) is 0 Å².